The number of rotatable bonds is 4. The Morgan fingerprint density at radius 1 is 0.533 bits per heavy atom. The average Bonchev–Trinajstić information content (AvgIpc) is 3.10. The summed E-state index contributed by atoms with van der Waals surface area (Å²) in [5.74, 6) is 0.632. The van der Waals surface area contributed by atoms with Crippen molar-refractivity contribution < 1.29 is 9.59 Å². The van der Waals surface area contributed by atoms with Gasteiger partial charge in [-0.1, -0.05) is 73.5 Å². The molecule has 2 aliphatic rings. The van der Waals surface area contributed by atoms with Crippen molar-refractivity contribution in [2.75, 3.05) is 13.1 Å². The predicted octanol–water partition coefficient (Wildman–Crippen LogP) is 5.18. The van der Waals surface area contributed by atoms with Crippen LogP contribution in [0.5, 0.6) is 0 Å². The topological polar surface area (TPSA) is 40.6 Å². The van der Waals surface area contributed by atoms with Crippen molar-refractivity contribution in [2.45, 2.75) is 64.5 Å². The van der Waals surface area contributed by atoms with Crippen molar-refractivity contribution in [1.29, 1.82) is 0 Å². The van der Waals surface area contributed by atoms with Gasteiger partial charge >= 0.3 is 0 Å². The summed E-state index contributed by atoms with van der Waals surface area (Å²) in [6, 6.07) is 20.4. The van der Waals surface area contributed by atoms with Gasteiger partial charge in [-0.3, -0.25) is 9.59 Å². The van der Waals surface area contributed by atoms with Crippen molar-refractivity contribution in [3.63, 3.8) is 0 Å². The average molecular weight is 407 g/mol. The Hall–Kier alpha value is -2.62. The molecule has 2 saturated heterocycles. The van der Waals surface area contributed by atoms with Gasteiger partial charge in [-0.25, -0.2) is 0 Å². The van der Waals surface area contributed by atoms with Crippen LogP contribution in [0.4, 0.5) is 0 Å². The van der Waals surface area contributed by atoms with Gasteiger partial charge in [0.1, 0.15) is 0 Å². The van der Waals surface area contributed by atoms with Crippen LogP contribution in [0.2, 0.25) is 0 Å². The Balaban J connectivity index is 0.000000171. The zero-order chi connectivity index (χ0) is 21.0. The summed E-state index contributed by atoms with van der Waals surface area (Å²) in [4.78, 5) is 27.5. The van der Waals surface area contributed by atoms with Crippen molar-refractivity contribution in [3.05, 3.63) is 71.8 Å². The van der Waals surface area contributed by atoms with Crippen LogP contribution in [0, 0.1) is 0 Å². The van der Waals surface area contributed by atoms with Crippen molar-refractivity contribution in [1.82, 2.24) is 9.80 Å². The molecule has 0 aromatic heterocycles. The number of benzene rings is 2. The minimum Gasteiger partial charge on any atom is -0.338 e. The quantitative estimate of drug-likeness (QED) is 0.702. The maximum absolute atomic E-state index is 11.7. The second-order valence-corrected chi connectivity index (χ2v) is 8.22. The summed E-state index contributed by atoms with van der Waals surface area (Å²) in [5.41, 5.74) is 2.46. The third-order valence-corrected chi connectivity index (χ3v) is 5.78. The minimum absolute atomic E-state index is 0.316. The second-order valence-electron chi connectivity index (χ2n) is 8.22. The van der Waals surface area contributed by atoms with Crippen LogP contribution < -0.4 is 0 Å². The number of carbonyl (C=O) groups excluding carboxylic acids is 2. The van der Waals surface area contributed by atoms with Gasteiger partial charge in [-0.2, -0.15) is 0 Å². The predicted molar refractivity (Wildman–Crippen MR) is 121 cm³/mol. The van der Waals surface area contributed by atoms with Crippen LogP contribution in [0.25, 0.3) is 0 Å². The first-order chi connectivity index (χ1) is 14.7. The van der Waals surface area contributed by atoms with Crippen LogP contribution in [0.15, 0.2) is 60.7 Å². The molecule has 0 N–H and O–H groups in total. The molecule has 2 amide bonds. The van der Waals surface area contributed by atoms with Crippen LogP contribution >= 0.6 is 0 Å². The first-order valence-corrected chi connectivity index (χ1v) is 11.4. The molecule has 2 aromatic carbocycles. The molecule has 2 aliphatic heterocycles. The molecule has 2 aromatic rings. The lowest BCUT2D eigenvalue weighted by atomic mass is 10.2. The Labute approximate surface area is 180 Å². The maximum atomic E-state index is 11.7. The molecule has 0 saturated carbocycles. The van der Waals surface area contributed by atoms with Gasteiger partial charge in [0.25, 0.3) is 0 Å². The number of hydrogen-bond donors (Lipinski definition) is 0. The van der Waals surface area contributed by atoms with Crippen molar-refractivity contribution >= 4 is 11.8 Å². The van der Waals surface area contributed by atoms with E-state index in [4.69, 9.17) is 0 Å². The fourth-order valence-corrected chi connectivity index (χ4v) is 4.02. The first-order valence-electron chi connectivity index (χ1n) is 11.4. The van der Waals surface area contributed by atoms with Gasteiger partial charge < -0.3 is 9.80 Å². The molecule has 0 unspecified atom stereocenters. The van der Waals surface area contributed by atoms with Gasteiger partial charge in [0.15, 0.2) is 0 Å². The lowest BCUT2D eigenvalue weighted by Gasteiger charge is -2.20. The molecule has 4 rings (SSSR count). The van der Waals surface area contributed by atoms with Crippen molar-refractivity contribution in [3.8, 4) is 0 Å². The largest absolute Gasteiger partial charge is 0.338 e. The highest BCUT2D eigenvalue weighted by atomic mass is 16.2. The Kier molecular flexibility index (Phi) is 8.95. The fraction of sp³-hybridized carbons (Fsp3) is 0.462. The molecule has 0 aliphatic carbocycles. The van der Waals surface area contributed by atoms with Gasteiger partial charge in [-0.05, 0) is 36.8 Å². The van der Waals surface area contributed by atoms with Crippen LogP contribution in [0.1, 0.15) is 62.5 Å². The highest BCUT2D eigenvalue weighted by molar-refractivity contribution is 5.76. The number of hydrogen-bond acceptors (Lipinski definition) is 2. The van der Waals surface area contributed by atoms with E-state index in [2.05, 4.69) is 24.3 Å². The number of amides is 2. The molecule has 2 fully saturated rings. The summed E-state index contributed by atoms with van der Waals surface area (Å²) >= 11 is 0. The van der Waals surface area contributed by atoms with Gasteiger partial charge in [0.2, 0.25) is 11.8 Å². The number of likely N-dealkylation sites (tertiary alicyclic amines) is 2. The van der Waals surface area contributed by atoms with Gasteiger partial charge in [-0.15, -0.1) is 0 Å². The summed E-state index contributed by atoms with van der Waals surface area (Å²) in [6.45, 7) is 3.40. The van der Waals surface area contributed by atoms with E-state index in [0.717, 1.165) is 64.7 Å². The smallest absolute Gasteiger partial charge is 0.222 e. The van der Waals surface area contributed by atoms with E-state index < -0.39 is 0 Å². The molecule has 0 atom stereocenters. The zero-order valence-corrected chi connectivity index (χ0v) is 18.0. The second kappa shape index (κ2) is 12.2. The summed E-state index contributed by atoms with van der Waals surface area (Å²) in [5, 5.41) is 0. The molecule has 0 spiro atoms. The zero-order valence-electron chi connectivity index (χ0n) is 18.0. The SMILES string of the molecule is O=C1CCCCCN1Cc1ccccc1.O=C1CCCCCN1Cc1ccccc1. The van der Waals surface area contributed by atoms with Gasteiger partial charge in [0.05, 0.1) is 0 Å². The molecule has 30 heavy (non-hydrogen) atoms. The lowest BCUT2D eigenvalue weighted by molar-refractivity contribution is -0.132. The first kappa shape index (κ1) is 22.1. The van der Waals surface area contributed by atoms with E-state index in [9.17, 15) is 9.59 Å². The molecule has 4 nitrogen and oxygen atoms in total. The standard InChI is InChI=1S/2C13H17NO/c2*15-13-9-5-2-6-10-14(13)11-12-7-3-1-4-8-12/h2*1,3-4,7-8H,2,5-6,9-11H2. The maximum Gasteiger partial charge on any atom is 0.222 e. The Bertz CT molecular complexity index is 709. The molecule has 160 valence electrons. The molecular weight excluding hydrogens is 372 g/mol. The molecule has 2 heterocycles. The van der Waals surface area contributed by atoms with Crippen LogP contribution in [-0.4, -0.2) is 34.7 Å². The van der Waals surface area contributed by atoms with Crippen LogP contribution in [0.3, 0.4) is 0 Å². The minimum atomic E-state index is 0.316. The van der Waals surface area contributed by atoms with Crippen molar-refractivity contribution in [2.24, 2.45) is 0 Å². The summed E-state index contributed by atoms with van der Waals surface area (Å²) in [7, 11) is 0. The third kappa shape index (κ3) is 7.33. The van der Waals surface area contributed by atoms with E-state index in [0.29, 0.717) is 11.8 Å². The molecule has 4 heteroatoms. The lowest BCUT2D eigenvalue weighted by Crippen LogP contribution is -2.29. The highest BCUT2D eigenvalue weighted by Gasteiger charge is 2.17. The Morgan fingerprint density at radius 3 is 1.33 bits per heavy atom. The van der Waals surface area contributed by atoms with Crippen LogP contribution in [-0.2, 0) is 22.7 Å². The normalized spacial score (nSPS) is 17.6. The Morgan fingerprint density at radius 2 is 0.933 bits per heavy atom. The number of carbonyl (C=O) groups is 2. The van der Waals surface area contributed by atoms with E-state index in [1.54, 1.807) is 0 Å². The van der Waals surface area contributed by atoms with E-state index in [-0.39, 0.29) is 0 Å². The number of nitrogens with zero attached hydrogens (tertiary/aromatic N) is 2. The van der Waals surface area contributed by atoms with E-state index in [1.807, 2.05) is 46.2 Å². The molecular formula is C26H34N2O2. The molecule has 0 bridgehead atoms. The van der Waals surface area contributed by atoms with E-state index in [1.165, 1.54) is 24.0 Å². The fourth-order valence-electron chi connectivity index (χ4n) is 4.02. The molecule has 0 radical (unpaired) electrons. The monoisotopic (exact) mass is 406 g/mol. The van der Waals surface area contributed by atoms with E-state index >= 15 is 0 Å². The van der Waals surface area contributed by atoms with Gasteiger partial charge in [0, 0.05) is 39.0 Å². The summed E-state index contributed by atoms with van der Waals surface area (Å²) in [6.07, 6.45) is 8.26. The highest BCUT2D eigenvalue weighted by Crippen LogP contribution is 2.15. The summed E-state index contributed by atoms with van der Waals surface area (Å²) < 4.78 is 0. The third-order valence-electron chi connectivity index (χ3n) is 5.78.